The third-order valence-corrected chi connectivity index (χ3v) is 3.52. The van der Waals surface area contributed by atoms with Crippen LogP contribution in [0, 0.1) is 17.8 Å². The Bertz CT molecular complexity index is 142. The smallest absolute Gasteiger partial charge is 0.00104 e. The zero-order valence-electron chi connectivity index (χ0n) is 9.64. The minimum Gasteiger partial charge on any atom is -0.314 e. The summed E-state index contributed by atoms with van der Waals surface area (Å²) in [6.45, 7) is 10.5. The second-order valence-electron chi connectivity index (χ2n) is 5.20. The molecule has 0 saturated heterocycles. The van der Waals surface area contributed by atoms with Crippen LogP contribution in [-0.4, -0.2) is 12.6 Å². The molecule has 0 aromatic rings. The van der Waals surface area contributed by atoms with Crippen molar-refractivity contribution < 1.29 is 0 Å². The number of nitrogens with one attached hydrogen (secondary N) is 1. The molecule has 78 valence electrons. The number of rotatable bonds is 3. The van der Waals surface area contributed by atoms with Crippen LogP contribution in [0.5, 0.6) is 0 Å². The first kappa shape index (κ1) is 11.0. The lowest BCUT2D eigenvalue weighted by Gasteiger charge is -2.32. The van der Waals surface area contributed by atoms with Crippen LogP contribution < -0.4 is 5.32 Å². The van der Waals surface area contributed by atoms with Gasteiger partial charge in [-0.15, -0.1) is 0 Å². The quantitative estimate of drug-likeness (QED) is 0.709. The fourth-order valence-corrected chi connectivity index (χ4v) is 2.25. The lowest BCUT2D eigenvalue weighted by molar-refractivity contribution is 0.202. The molecule has 1 N–H and O–H groups in total. The summed E-state index contributed by atoms with van der Waals surface area (Å²) in [6, 6.07) is 0.648. The van der Waals surface area contributed by atoms with Gasteiger partial charge in [0.2, 0.25) is 0 Å². The predicted octanol–water partition coefficient (Wildman–Crippen LogP) is 3.06. The average Bonchev–Trinajstić information content (AvgIpc) is 2.07. The standard InChI is InChI=1S/C12H25N/c1-9(2)13-8-12-6-5-10(3)11(4)7-12/h9-13H,5-8H2,1-4H3. The summed E-state index contributed by atoms with van der Waals surface area (Å²) >= 11 is 0. The first-order chi connectivity index (χ1) is 6.09. The molecule has 0 radical (unpaired) electrons. The first-order valence-electron chi connectivity index (χ1n) is 5.83. The highest BCUT2D eigenvalue weighted by Gasteiger charge is 2.23. The van der Waals surface area contributed by atoms with Gasteiger partial charge in [0, 0.05) is 6.04 Å². The van der Waals surface area contributed by atoms with E-state index >= 15 is 0 Å². The maximum absolute atomic E-state index is 3.55. The van der Waals surface area contributed by atoms with Crippen molar-refractivity contribution in [2.75, 3.05) is 6.54 Å². The van der Waals surface area contributed by atoms with E-state index in [2.05, 4.69) is 33.0 Å². The predicted molar refractivity (Wildman–Crippen MR) is 58.8 cm³/mol. The SMILES string of the molecule is CC(C)NCC1CCC(C)C(C)C1. The molecular weight excluding hydrogens is 158 g/mol. The van der Waals surface area contributed by atoms with E-state index in [9.17, 15) is 0 Å². The highest BCUT2D eigenvalue weighted by atomic mass is 14.9. The van der Waals surface area contributed by atoms with Crippen LogP contribution in [-0.2, 0) is 0 Å². The van der Waals surface area contributed by atoms with Gasteiger partial charge < -0.3 is 5.32 Å². The summed E-state index contributed by atoms with van der Waals surface area (Å²) in [7, 11) is 0. The molecule has 1 saturated carbocycles. The minimum absolute atomic E-state index is 0.648. The van der Waals surface area contributed by atoms with Crippen LogP contribution >= 0.6 is 0 Å². The Kier molecular flexibility index (Phi) is 4.24. The normalized spacial score (nSPS) is 35.3. The van der Waals surface area contributed by atoms with E-state index in [4.69, 9.17) is 0 Å². The van der Waals surface area contributed by atoms with Crippen LogP contribution in [0.2, 0.25) is 0 Å². The molecule has 1 heteroatoms. The van der Waals surface area contributed by atoms with Crippen LogP contribution in [0.1, 0.15) is 47.0 Å². The van der Waals surface area contributed by atoms with E-state index in [1.165, 1.54) is 25.8 Å². The van der Waals surface area contributed by atoms with Gasteiger partial charge in [0.25, 0.3) is 0 Å². The molecule has 0 amide bonds. The fraction of sp³-hybridized carbons (Fsp3) is 1.00. The van der Waals surface area contributed by atoms with Gasteiger partial charge in [-0.05, 0) is 37.1 Å². The molecule has 1 nitrogen and oxygen atoms in total. The van der Waals surface area contributed by atoms with Gasteiger partial charge in [-0.25, -0.2) is 0 Å². The van der Waals surface area contributed by atoms with E-state index in [0.29, 0.717) is 6.04 Å². The van der Waals surface area contributed by atoms with Gasteiger partial charge in [0.15, 0.2) is 0 Å². The number of hydrogen-bond donors (Lipinski definition) is 1. The Balaban J connectivity index is 2.21. The molecule has 3 unspecified atom stereocenters. The topological polar surface area (TPSA) is 12.0 Å². The third kappa shape index (κ3) is 3.68. The van der Waals surface area contributed by atoms with Crippen molar-refractivity contribution in [3.63, 3.8) is 0 Å². The molecule has 0 heterocycles. The van der Waals surface area contributed by atoms with Crippen molar-refractivity contribution >= 4 is 0 Å². The van der Waals surface area contributed by atoms with Crippen molar-refractivity contribution in [1.82, 2.24) is 5.32 Å². The minimum atomic E-state index is 0.648. The molecule has 1 aliphatic rings. The van der Waals surface area contributed by atoms with E-state index < -0.39 is 0 Å². The van der Waals surface area contributed by atoms with E-state index in [1.54, 1.807) is 0 Å². The summed E-state index contributed by atoms with van der Waals surface area (Å²) in [4.78, 5) is 0. The van der Waals surface area contributed by atoms with Crippen molar-refractivity contribution in [2.45, 2.75) is 53.0 Å². The molecule has 0 aromatic heterocycles. The van der Waals surface area contributed by atoms with Gasteiger partial charge >= 0.3 is 0 Å². The summed E-state index contributed by atoms with van der Waals surface area (Å²) < 4.78 is 0. The third-order valence-electron chi connectivity index (χ3n) is 3.52. The molecule has 1 aliphatic carbocycles. The first-order valence-corrected chi connectivity index (χ1v) is 5.83. The molecule has 0 bridgehead atoms. The Morgan fingerprint density at radius 3 is 2.38 bits per heavy atom. The maximum atomic E-state index is 3.55. The lowest BCUT2D eigenvalue weighted by atomic mass is 9.76. The van der Waals surface area contributed by atoms with Crippen molar-refractivity contribution in [1.29, 1.82) is 0 Å². The van der Waals surface area contributed by atoms with Crippen LogP contribution in [0.15, 0.2) is 0 Å². The van der Waals surface area contributed by atoms with Crippen LogP contribution in [0.25, 0.3) is 0 Å². The van der Waals surface area contributed by atoms with Crippen molar-refractivity contribution in [2.24, 2.45) is 17.8 Å². The Hall–Kier alpha value is -0.0400. The van der Waals surface area contributed by atoms with Crippen LogP contribution in [0.3, 0.4) is 0 Å². The van der Waals surface area contributed by atoms with Crippen molar-refractivity contribution in [3.8, 4) is 0 Å². The summed E-state index contributed by atoms with van der Waals surface area (Å²) in [6.07, 6.45) is 4.30. The van der Waals surface area contributed by atoms with Gasteiger partial charge in [-0.1, -0.05) is 34.1 Å². The molecule has 3 atom stereocenters. The Morgan fingerprint density at radius 2 is 1.85 bits per heavy atom. The fourth-order valence-electron chi connectivity index (χ4n) is 2.25. The molecule has 1 rings (SSSR count). The Labute approximate surface area is 83.3 Å². The summed E-state index contributed by atoms with van der Waals surface area (Å²) in [5.74, 6) is 2.83. The molecule has 1 fully saturated rings. The van der Waals surface area contributed by atoms with Gasteiger partial charge in [0.1, 0.15) is 0 Å². The van der Waals surface area contributed by atoms with Crippen LogP contribution in [0.4, 0.5) is 0 Å². The van der Waals surface area contributed by atoms with Gasteiger partial charge in [-0.3, -0.25) is 0 Å². The molecule has 0 aliphatic heterocycles. The second kappa shape index (κ2) is 4.99. The lowest BCUT2D eigenvalue weighted by Crippen LogP contribution is -2.32. The molecular formula is C12H25N. The second-order valence-corrected chi connectivity index (χ2v) is 5.20. The zero-order valence-corrected chi connectivity index (χ0v) is 9.64. The zero-order chi connectivity index (χ0) is 9.84. The van der Waals surface area contributed by atoms with E-state index in [0.717, 1.165) is 17.8 Å². The summed E-state index contributed by atoms with van der Waals surface area (Å²) in [5, 5.41) is 3.55. The highest BCUT2D eigenvalue weighted by Crippen LogP contribution is 2.32. The van der Waals surface area contributed by atoms with E-state index in [-0.39, 0.29) is 0 Å². The Morgan fingerprint density at radius 1 is 1.15 bits per heavy atom. The van der Waals surface area contributed by atoms with Gasteiger partial charge in [-0.2, -0.15) is 0 Å². The monoisotopic (exact) mass is 183 g/mol. The maximum Gasteiger partial charge on any atom is 0.00104 e. The largest absolute Gasteiger partial charge is 0.314 e. The van der Waals surface area contributed by atoms with E-state index in [1.807, 2.05) is 0 Å². The summed E-state index contributed by atoms with van der Waals surface area (Å²) in [5.41, 5.74) is 0. The molecule has 13 heavy (non-hydrogen) atoms. The number of hydrogen-bond acceptors (Lipinski definition) is 1. The van der Waals surface area contributed by atoms with Crippen molar-refractivity contribution in [3.05, 3.63) is 0 Å². The highest BCUT2D eigenvalue weighted by molar-refractivity contribution is 4.76. The molecule has 0 spiro atoms. The molecule has 0 aromatic carbocycles. The average molecular weight is 183 g/mol. The van der Waals surface area contributed by atoms with Gasteiger partial charge in [0.05, 0.1) is 0 Å².